The van der Waals surface area contributed by atoms with Crippen LogP contribution in [0.25, 0.3) is 10.8 Å². The molecule has 134 valence electrons. The molecule has 1 N–H and O–H groups in total. The van der Waals surface area contributed by atoms with E-state index >= 15 is 0 Å². The molecule has 4 rings (SSSR count). The molecule has 4 aromatic rings. The number of benzene rings is 3. The lowest BCUT2D eigenvalue weighted by molar-refractivity contribution is 0.102. The molecule has 0 unspecified atom stereocenters. The number of nitrogens with zero attached hydrogens (tertiary/aromatic N) is 2. The van der Waals surface area contributed by atoms with E-state index in [1.165, 1.54) is 11.7 Å². The van der Waals surface area contributed by atoms with E-state index in [9.17, 15) is 4.79 Å². The van der Waals surface area contributed by atoms with Gasteiger partial charge in [0.2, 0.25) is 0 Å². The summed E-state index contributed by atoms with van der Waals surface area (Å²) in [6, 6.07) is 20.9. The molecule has 0 atom stereocenters. The van der Waals surface area contributed by atoms with Crippen LogP contribution in [-0.4, -0.2) is 14.7 Å². The molecule has 1 amide bonds. The van der Waals surface area contributed by atoms with Crippen molar-refractivity contribution in [3.63, 3.8) is 0 Å². The molecule has 0 saturated carbocycles. The zero-order valence-electron chi connectivity index (χ0n) is 14.7. The number of carbonyl (C=O) groups is 1. The summed E-state index contributed by atoms with van der Waals surface area (Å²) in [6.07, 6.45) is 0. The Kier molecular flexibility index (Phi) is 4.80. The molecule has 5 nitrogen and oxygen atoms in total. The molecule has 27 heavy (non-hydrogen) atoms. The number of rotatable bonds is 5. The van der Waals surface area contributed by atoms with Crippen molar-refractivity contribution in [3.8, 4) is 5.75 Å². The minimum Gasteiger partial charge on any atom is -0.487 e. The third-order valence-electron chi connectivity index (χ3n) is 4.26. The first kappa shape index (κ1) is 17.2. The summed E-state index contributed by atoms with van der Waals surface area (Å²) >= 11 is 1.17. The van der Waals surface area contributed by atoms with Crippen molar-refractivity contribution in [3.05, 3.63) is 83.7 Å². The number of fused-ring (bicyclic) bond motifs is 1. The van der Waals surface area contributed by atoms with Gasteiger partial charge in [-0.2, -0.15) is 8.75 Å². The molecule has 0 saturated heterocycles. The highest BCUT2D eigenvalue weighted by Crippen LogP contribution is 2.24. The molecule has 0 fully saturated rings. The quantitative estimate of drug-likeness (QED) is 0.543. The van der Waals surface area contributed by atoms with Gasteiger partial charge in [0.05, 0.1) is 17.4 Å². The molecule has 1 aromatic heterocycles. The highest BCUT2D eigenvalue weighted by Gasteiger charge is 2.10. The summed E-state index contributed by atoms with van der Waals surface area (Å²) in [6.45, 7) is 2.23. The van der Waals surface area contributed by atoms with E-state index in [1.54, 1.807) is 18.2 Å². The highest BCUT2D eigenvalue weighted by atomic mass is 32.1. The topological polar surface area (TPSA) is 64.1 Å². The van der Waals surface area contributed by atoms with Gasteiger partial charge in [0.15, 0.2) is 0 Å². The van der Waals surface area contributed by atoms with Crippen molar-refractivity contribution in [1.29, 1.82) is 0 Å². The van der Waals surface area contributed by atoms with E-state index < -0.39 is 0 Å². The lowest BCUT2D eigenvalue weighted by Gasteiger charge is -2.10. The summed E-state index contributed by atoms with van der Waals surface area (Å²) in [5.41, 5.74) is 3.00. The van der Waals surface area contributed by atoms with Gasteiger partial charge in [-0.1, -0.05) is 42.5 Å². The number of amides is 1. The average Bonchev–Trinajstić information content (AvgIpc) is 3.12. The number of hydrogen-bond donors (Lipinski definition) is 1. The summed E-state index contributed by atoms with van der Waals surface area (Å²) in [4.78, 5) is 12.7. The fourth-order valence-corrected chi connectivity index (χ4v) is 3.34. The first-order valence-electron chi connectivity index (χ1n) is 8.51. The zero-order chi connectivity index (χ0) is 18.6. The maximum Gasteiger partial charge on any atom is 0.255 e. The third-order valence-corrected chi connectivity index (χ3v) is 4.91. The molecular formula is C21H17N3O2S. The molecule has 0 aliphatic rings. The van der Waals surface area contributed by atoms with Crippen molar-refractivity contribution in [2.75, 3.05) is 5.32 Å². The standard InChI is InChI=1S/C21H17N3O2S/c1-14-20(24-27-23-14)13-26-17-9-4-8-16(12-17)21(25)22-19-11-5-7-15-6-2-3-10-18(15)19/h2-12H,13H2,1H3,(H,22,25). The molecule has 0 bridgehead atoms. The van der Waals surface area contributed by atoms with Gasteiger partial charge in [0.1, 0.15) is 18.1 Å². The lowest BCUT2D eigenvalue weighted by Crippen LogP contribution is -2.12. The van der Waals surface area contributed by atoms with Crippen molar-refractivity contribution in [2.45, 2.75) is 13.5 Å². The number of aromatic nitrogens is 2. The van der Waals surface area contributed by atoms with Gasteiger partial charge in [-0.15, -0.1) is 0 Å². The average molecular weight is 375 g/mol. The van der Waals surface area contributed by atoms with Crippen LogP contribution in [0.2, 0.25) is 0 Å². The Morgan fingerprint density at radius 1 is 1.04 bits per heavy atom. The van der Waals surface area contributed by atoms with E-state index in [0.717, 1.165) is 27.8 Å². The van der Waals surface area contributed by atoms with Crippen LogP contribution in [0.3, 0.4) is 0 Å². The first-order valence-corrected chi connectivity index (χ1v) is 9.24. The number of nitrogens with one attached hydrogen (secondary N) is 1. The molecule has 0 spiro atoms. The number of carbonyl (C=O) groups excluding carboxylic acids is 1. The minimum absolute atomic E-state index is 0.177. The summed E-state index contributed by atoms with van der Waals surface area (Å²) in [5, 5.41) is 5.08. The summed E-state index contributed by atoms with van der Waals surface area (Å²) in [5.74, 6) is 0.441. The van der Waals surface area contributed by atoms with Crippen LogP contribution in [0, 0.1) is 6.92 Å². The molecule has 3 aromatic carbocycles. The Labute approximate surface area is 161 Å². The predicted molar refractivity (Wildman–Crippen MR) is 107 cm³/mol. The molecular weight excluding hydrogens is 358 g/mol. The molecule has 0 radical (unpaired) electrons. The molecule has 0 aliphatic carbocycles. The van der Waals surface area contributed by atoms with Crippen LogP contribution in [0.1, 0.15) is 21.7 Å². The summed E-state index contributed by atoms with van der Waals surface area (Å²) < 4.78 is 14.1. The Bertz CT molecular complexity index is 1100. The van der Waals surface area contributed by atoms with E-state index in [0.29, 0.717) is 17.9 Å². The van der Waals surface area contributed by atoms with Crippen molar-refractivity contribution < 1.29 is 9.53 Å². The normalized spacial score (nSPS) is 10.7. The van der Waals surface area contributed by atoms with E-state index in [1.807, 2.05) is 55.5 Å². The Morgan fingerprint density at radius 2 is 1.85 bits per heavy atom. The highest BCUT2D eigenvalue weighted by molar-refractivity contribution is 6.99. The van der Waals surface area contributed by atoms with Crippen molar-refractivity contribution in [1.82, 2.24) is 8.75 Å². The van der Waals surface area contributed by atoms with Crippen molar-refractivity contribution >= 4 is 34.1 Å². The maximum absolute atomic E-state index is 12.7. The monoisotopic (exact) mass is 375 g/mol. The van der Waals surface area contributed by atoms with Gasteiger partial charge >= 0.3 is 0 Å². The van der Waals surface area contributed by atoms with Gasteiger partial charge in [-0.3, -0.25) is 4.79 Å². The molecule has 6 heteroatoms. The Balaban J connectivity index is 1.51. The smallest absolute Gasteiger partial charge is 0.255 e. The molecule has 0 aliphatic heterocycles. The Hall–Kier alpha value is -3.25. The van der Waals surface area contributed by atoms with Gasteiger partial charge in [0.25, 0.3) is 5.91 Å². The van der Waals surface area contributed by atoms with Crippen LogP contribution in [0.5, 0.6) is 5.75 Å². The van der Waals surface area contributed by atoms with Crippen LogP contribution < -0.4 is 10.1 Å². The fraction of sp³-hybridized carbons (Fsp3) is 0.0952. The second-order valence-corrected chi connectivity index (χ2v) is 6.62. The predicted octanol–water partition coefficient (Wildman–Crippen LogP) is 4.83. The van der Waals surface area contributed by atoms with Crippen LogP contribution in [-0.2, 0) is 6.61 Å². The largest absolute Gasteiger partial charge is 0.487 e. The van der Waals surface area contributed by atoms with Crippen LogP contribution >= 0.6 is 11.7 Å². The lowest BCUT2D eigenvalue weighted by atomic mass is 10.1. The number of anilines is 1. The second-order valence-electron chi connectivity index (χ2n) is 6.09. The van der Waals surface area contributed by atoms with E-state index in [4.69, 9.17) is 4.74 Å². The number of ether oxygens (including phenoxy) is 1. The number of hydrogen-bond acceptors (Lipinski definition) is 5. The SMILES string of the molecule is Cc1nsnc1COc1cccc(C(=O)Nc2cccc3ccccc23)c1. The Morgan fingerprint density at radius 3 is 2.70 bits per heavy atom. The van der Waals surface area contributed by atoms with Gasteiger partial charge in [-0.25, -0.2) is 0 Å². The summed E-state index contributed by atoms with van der Waals surface area (Å²) in [7, 11) is 0. The van der Waals surface area contributed by atoms with Crippen molar-refractivity contribution in [2.24, 2.45) is 0 Å². The van der Waals surface area contributed by atoms with Gasteiger partial charge in [0, 0.05) is 16.6 Å². The van der Waals surface area contributed by atoms with E-state index in [2.05, 4.69) is 14.1 Å². The van der Waals surface area contributed by atoms with Gasteiger partial charge in [-0.05, 0) is 36.6 Å². The second kappa shape index (κ2) is 7.55. The zero-order valence-corrected chi connectivity index (χ0v) is 15.5. The van der Waals surface area contributed by atoms with E-state index in [-0.39, 0.29) is 5.91 Å². The third kappa shape index (κ3) is 3.80. The first-order chi connectivity index (χ1) is 13.2. The minimum atomic E-state index is -0.177. The maximum atomic E-state index is 12.7. The number of aryl methyl sites for hydroxylation is 1. The van der Waals surface area contributed by atoms with Crippen LogP contribution in [0.4, 0.5) is 5.69 Å². The van der Waals surface area contributed by atoms with Gasteiger partial charge < -0.3 is 10.1 Å². The molecule has 1 heterocycles. The fourth-order valence-electron chi connectivity index (χ4n) is 2.79. The van der Waals surface area contributed by atoms with Crippen LogP contribution in [0.15, 0.2) is 66.7 Å².